The number of rotatable bonds is 7. The number of ether oxygens (including phenoxy) is 1. The number of morpholine rings is 1. The first kappa shape index (κ1) is 24.0. The van der Waals surface area contributed by atoms with Crippen LogP contribution < -0.4 is 5.32 Å². The zero-order chi connectivity index (χ0) is 24.3. The van der Waals surface area contributed by atoms with Gasteiger partial charge in [0.05, 0.1) is 23.8 Å². The second-order valence-electron chi connectivity index (χ2n) is 8.24. The monoisotopic (exact) mass is 484 g/mol. The van der Waals surface area contributed by atoms with E-state index in [2.05, 4.69) is 20.4 Å². The minimum atomic E-state index is -3.53. The molecule has 10 nitrogen and oxygen atoms in total. The molecule has 4 rings (SSSR count). The maximum absolute atomic E-state index is 12.7. The fourth-order valence-electron chi connectivity index (χ4n) is 3.77. The number of hydrogen-bond acceptors (Lipinski definition) is 7. The number of nitrogens with zero attached hydrogens (tertiary/aromatic N) is 5. The molecule has 0 spiro atoms. The van der Waals surface area contributed by atoms with E-state index in [1.807, 2.05) is 26.8 Å². The maximum atomic E-state index is 12.7. The van der Waals surface area contributed by atoms with Crippen molar-refractivity contribution in [2.75, 3.05) is 31.6 Å². The Bertz CT molecular complexity index is 1260. The van der Waals surface area contributed by atoms with Crippen molar-refractivity contribution in [1.82, 2.24) is 24.1 Å². The lowest BCUT2D eigenvalue weighted by molar-refractivity contribution is -0.116. The Balaban J connectivity index is 1.39. The highest BCUT2D eigenvalue weighted by molar-refractivity contribution is 7.89. The van der Waals surface area contributed by atoms with Gasteiger partial charge in [-0.25, -0.2) is 18.4 Å². The summed E-state index contributed by atoms with van der Waals surface area (Å²) in [6, 6.07) is 10.3. The molecule has 0 radical (unpaired) electrons. The molecule has 1 aliphatic rings. The molecule has 0 saturated carbocycles. The van der Waals surface area contributed by atoms with Gasteiger partial charge in [0.2, 0.25) is 15.9 Å². The van der Waals surface area contributed by atoms with Crippen LogP contribution in [-0.4, -0.2) is 64.7 Å². The van der Waals surface area contributed by atoms with Gasteiger partial charge in [-0.3, -0.25) is 4.79 Å². The molecular formula is C23H28N6O4S. The normalized spacial score (nSPS) is 14.8. The van der Waals surface area contributed by atoms with Crippen molar-refractivity contribution in [1.29, 1.82) is 0 Å². The number of aromatic nitrogens is 4. The molecule has 0 bridgehead atoms. The van der Waals surface area contributed by atoms with Crippen molar-refractivity contribution in [3.05, 3.63) is 59.0 Å². The SMILES string of the molecule is Cc1cc(C)nc(-n2nc(C)cc2NC(=O)CCc2ccc(S(=O)(=O)N3CCOCC3)cc2)n1. The van der Waals surface area contributed by atoms with Crippen LogP contribution in [0.3, 0.4) is 0 Å². The molecule has 0 unspecified atom stereocenters. The van der Waals surface area contributed by atoms with Crippen molar-refractivity contribution < 1.29 is 17.9 Å². The fraction of sp³-hybridized carbons (Fsp3) is 0.391. The summed E-state index contributed by atoms with van der Waals surface area (Å²) in [7, 11) is -3.53. The van der Waals surface area contributed by atoms with Gasteiger partial charge in [-0.1, -0.05) is 12.1 Å². The van der Waals surface area contributed by atoms with Crippen LogP contribution in [0.2, 0.25) is 0 Å². The zero-order valence-corrected chi connectivity index (χ0v) is 20.3. The molecular weight excluding hydrogens is 456 g/mol. The Morgan fingerprint density at radius 1 is 1.00 bits per heavy atom. The average molecular weight is 485 g/mol. The van der Waals surface area contributed by atoms with Gasteiger partial charge in [0, 0.05) is 37.0 Å². The number of nitrogens with one attached hydrogen (secondary N) is 1. The summed E-state index contributed by atoms with van der Waals surface area (Å²) < 4.78 is 33.7. The third-order valence-corrected chi connectivity index (χ3v) is 7.34. The third-order valence-electron chi connectivity index (χ3n) is 5.43. The van der Waals surface area contributed by atoms with E-state index in [0.717, 1.165) is 22.6 Å². The lowest BCUT2D eigenvalue weighted by Crippen LogP contribution is -2.40. The van der Waals surface area contributed by atoms with E-state index in [4.69, 9.17) is 4.74 Å². The number of amides is 1. The van der Waals surface area contributed by atoms with Crippen LogP contribution in [0, 0.1) is 20.8 Å². The number of anilines is 1. The zero-order valence-electron chi connectivity index (χ0n) is 19.5. The minimum absolute atomic E-state index is 0.185. The van der Waals surface area contributed by atoms with E-state index in [9.17, 15) is 13.2 Å². The first-order chi connectivity index (χ1) is 16.2. The van der Waals surface area contributed by atoms with Crippen LogP contribution in [-0.2, 0) is 26.0 Å². The highest BCUT2D eigenvalue weighted by atomic mass is 32.2. The second kappa shape index (κ2) is 10.00. The van der Waals surface area contributed by atoms with E-state index in [-0.39, 0.29) is 17.2 Å². The molecule has 34 heavy (non-hydrogen) atoms. The van der Waals surface area contributed by atoms with Gasteiger partial charge in [-0.2, -0.15) is 14.1 Å². The van der Waals surface area contributed by atoms with Crippen LogP contribution in [0.5, 0.6) is 0 Å². The molecule has 1 saturated heterocycles. The van der Waals surface area contributed by atoms with Crippen LogP contribution in [0.4, 0.5) is 5.82 Å². The topological polar surface area (TPSA) is 119 Å². The third kappa shape index (κ3) is 5.49. The molecule has 180 valence electrons. The molecule has 0 aliphatic carbocycles. The first-order valence-electron chi connectivity index (χ1n) is 11.1. The van der Waals surface area contributed by atoms with Crippen molar-refractivity contribution in [3.63, 3.8) is 0 Å². The Kier molecular flexibility index (Phi) is 7.05. The van der Waals surface area contributed by atoms with E-state index < -0.39 is 10.0 Å². The summed E-state index contributed by atoms with van der Waals surface area (Å²) in [6.07, 6.45) is 0.699. The molecule has 1 aromatic carbocycles. The lowest BCUT2D eigenvalue weighted by Gasteiger charge is -2.26. The van der Waals surface area contributed by atoms with Gasteiger partial charge in [0.1, 0.15) is 5.82 Å². The molecule has 1 N–H and O–H groups in total. The number of carbonyl (C=O) groups is 1. The van der Waals surface area contributed by atoms with Gasteiger partial charge in [0.15, 0.2) is 0 Å². The van der Waals surface area contributed by atoms with Crippen molar-refractivity contribution in [2.24, 2.45) is 0 Å². The van der Waals surface area contributed by atoms with Gasteiger partial charge < -0.3 is 10.1 Å². The van der Waals surface area contributed by atoms with E-state index >= 15 is 0 Å². The minimum Gasteiger partial charge on any atom is -0.379 e. The molecule has 3 heterocycles. The Morgan fingerprint density at radius 3 is 2.29 bits per heavy atom. The number of sulfonamides is 1. The van der Waals surface area contributed by atoms with Crippen molar-refractivity contribution >= 4 is 21.7 Å². The summed E-state index contributed by atoms with van der Waals surface area (Å²) in [5.41, 5.74) is 3.23. The Labute approximate surface area is 199 Å². The highest BCUT2D eigenvalue weighted by Gasteiger charge is 2.26. The molecule has 11 heteroatoms. The van der Waals surface area contributed by atoms with Gasteiger partial charge in [-0.05, 0) is 51.0 Å². The Morgan fingerprint density at radius 2 is 1.65 bits per heavy atom. The van der Waals surface area contributed by atoms with E-state index in [0.29, 0.717) is 44.5 Å². The van der Waals surface area contributed by atoms with Gasteiger partial charge >= 0.3 is 0 Å². The molecule has 1 fully saturated rings. The second-order valence-corrected chi connectivity index (χ2v) is 10.2. The van der Waals surface area contributed by atoms with E-state index in [1.54, 1.807) is 30.3 Å². The first-order valence-corrected chi connectivity index (χ1v) is 12.5. The van der Waals surface area contributed by atoms with Gasteiger partial charge in [0.25, 0.3) is 5.95 Å². The summed E-state index contributed by atoms with van der Waals surface area (Å²) in [5.74, 6) is 0.716. The van der Waals surface area contributed by atoms with E-state index in [1.165, 1.54) is 8.99 Å². The summed E-state index contributed by atoms with van der Waals surface area (Å²) in [5, 5.41) is 7.30. The van der Waals surface area contributed by atoms with Gasteiger partial charge in [-0.15, -0.1) is 0 Å². The molecule has 0 atom stereocenters. The molecule has 2 aromatic heterocycles. The summed E-state index contributed by atoms with van der Waals surface area (Å²) in [4.78, 5) is 21.7. The average Bonchev–Trinajstić information content (AvgIpc) is 3.18. The largest absolute Gasteiger partial charge is 0.379 e. The molecule has 1 amide bonds. The standard InChI is InChI=1S/C23H28N6O4S/c1-16-14-17(2)25-23(24-16)29-21(15-18(3)27-29)26-22(30)9-6-19-4-7-20(8-5-19)34(31,32)28-10-12-33-13-11-28/h4-5,7-8,14-15H,6,9-13H2,1-3H3,(H,26,30). The van der Waals surface area contributed by atoms with Crippen LogP contribution in [0.25, 0.3) is 5.95 Å². The van der Waals surface area contributed by atoms with Crippen molar-refractivity contribution in [2.45, 2.75) is 38.5 Å². The smallest absolute Gasteiger partial charge is 0.252 e. The fourth-order valence-corrected chi connectivity index (χ4v) is 5.18. The predicted molar refractivity (Wildman–Crippen MR) is 126 cm³/mol. The molecule has 3 aromatic rings. The van der Waals surface area contributed by atoms with Crippen molar-refractivity contribution in [3.8, 4) is 5.95 Å². The predicted octanol–water partition coefficient (Wildman–Crippen LogP) is 2.18. The summed E-state index contributed by atoms with van der Waals surface area (Å²) in [6.45, 7) is 7.11. The van der Waals surface area contributed by atoms with Crippen LogP contribution >= 0.6 is 0 Å². The quantitative estimate of drug-likeness (QED) is 0.546. The number of aryl methyl sites for hydroxylation is 4. The maximum Gasteiger partial charge on any atom is 0.252 e. The number of carbonyl (C=O) groups excluding carboxylic acids is 1. The van der Waals surface area contributed by atoms with Crippen LogP contribution in [0.15, 0.2) is 41.3 Å². The highest BCUT2D eigenvalue weighted by Crippen LogP contribution is 2.19. The number of hydrogen-bond donors (Lipinski definition) is 1. The summed E-state index contributed by atoms with van der Waals surface area (Å²) >= 11 is 0. The molecule has 1 aliphatic heterocycles. The Hall–Kier alpha value is -3.15. The number of benzene rings is 1. The van der Waals surface area contributed by atoms with Crippen LogP contribution in [0.1, 0.15) is 29.1 Å². The lowest BCUT2D eigenvalue weighted by atomic mass is 10.1.